The van der Waals surface area contributed by atoms with E-state index in [1.54, 1.807) is 31.2 Å². The molecule has 1 aliphatic heterocycles. The molecule has 2 atom stereocenters. The van der Waals surface area contributed by atoms with Gasteiger partial charge in [-0.3, -0.25) is 4.79 Å². The highest BCUT2D eigenvalue weighted by Crippen LogP contribution is 2.21. The van der Waals surface area contributed by atoms with Crippen molar-refractivity contribution in [3.8, 4) is 0 Å². The van der Waals surface area contributed by atoms with Crippen molar-refractivity contribution < 1.29 is 19.4 Å². The number of nitrogens with one attached hydrogen (secondary N) is 1. The van der Waals surface area contributed by atoms with Gasteiger partial charge >= 0.3 is 12.0 Å². The topological polar surface area (TPSA) is 78.9 Å². The van der Waals surface area contributed by atoms with Crippen LogP contribution in [0.3, 0.4) is 0 Å². The summed E-state index contributed by atoms with van der Waals surface area (Å²) in [6, 6.07) is 5.92. The Morgan fingerprint density at radius 3 is 2.62 bits per heavy atom. The fraction of sp³-hybridized carbons (Fsp3) is 0.429. The third kappa shape index (κ3) is 3.65. The Labute approximate surface area is 127 Å². The Balaban J connectivity index is 2.07. The normalized spacial score (nSPS) is 21.0. The molecule has 2 unspecified atom stereocenters. The van der Waals surface area contributed by atoms with Gasteiger partial charge in [-0.1, -0.05) is 11.6 Å². The minimum atomic E-state index is -0.949. The maximum atomic E-state index is 12.3. The molecule has 0 aliphatic carbocycles. The summed E-state index contributed by atoms with van der Waals surface area (Å²) in [7, 11) is 0. The van der Waals surface area contributed by atoms with Crippen molar-refractivity contribution in [1.29, 1.82) is 0 Å². The number of likely N-dealkylation sites (N-methyl/N-ethyl adjacent to an activating group) is 1. The van der Waals surface area contributed by atoms with Crippen molar-refractivity contribution in [2.75, 3.05) is 25.1 Å². The van der Waals surface area contributed by atoms with Crippen LogP contribution in [-0.4, -0.2) is 47.8 Å². The number of benzene rings is 1. The van der Waals surface area contributed by atoms with Crippen LogP contribution in [0.1, 0.15) is 6.92 Å². The van der Waals surface area contributed by atoms with Crippen molar-refractivity contribution in [3.05, 3.63) is 29.3 Å². The summed E-state index contributed by atoms with van der Waals surface area (Å²) in [5.41, 5.74) is 0.605. The van der Waals surface area contributed by atoms with Crippen molar-refractivity contribution in [2.45, 2.75) is 13.0 Å². The second-order valence-electron chi connectivity index (χ2n) is 4.77. The van der Waals surface area contributed by atoms with Crippen LogP contribution in [0.4, 0.5) is 10.5 Å². The van der Waals surface area contributed by atoms with Gasteiger partial charge in [-0.2, -0.15) is 0 Å². The molecule has 1 fully saturated rings. The van der Waals surface area contributed by atoms with Gasteiger partial charge in [-0.15, -0.1) is 0 Å². The van der Waals surface area contributed by atoms with E-state index in [9.17, 15) is 14.7 Å². The lowest BCUT2D eigenvalue weighted by molar-refractivity contribution is -0.142. The monoisotopic (exact) mass is 312 g/mol. The second kappa shape index (κ2) is 6.78. The van der Waals surface area contributed by atoms with E-state index in [0.29, 0.717) is 17.3 Å². The van der Waals surface area contributed by atoms with Gasteiger partial charge in [-0.05, 0) is 31.2 Å². The van der Waals surface area contributed by atoms with E-state index in [4.69, 9.17) is 16.3 Å². The molecular formula is C14H17ClN2O4. The van der Waals surface area contributed by atoms with E-state index >= 15 is 0 Å². The van der Waals surface area contributed by atoms with Gasteiger partial charge < -0.3 is 20.1 Å². The first-order valence-electron chi connectivity index (χ1n) is 6.66. The number of carboxylic acid groups (broad SMARTS) is 1. The number of rotatable bonds is 4. The van der Waals surface area contributed by atoms with Gasteiger partial charge in [0.15, 0.2) is 0 Å². The SMILES string of the molecule is CCN(C(=O)Nc1ccc(Cl)cc1)C1COCC1C(=O)O. The number of anilines is 1. The predicted octanol–water partition coefficient (Wildman–Crippen LogP) is 2.29. The van der Waals surface area contributed by atoms with Gasteiger partial charge in [0.2, 0.25) is 0 Å². The van der Waals surface area contributed by atoms with E-state index in [0.717, 1.165) is 0 Å². The Kier molecular flexibility index (Phi) is 5.03. The summed E-state index contributed by atoms with van der Waals surface area (Å²) in [6.45, 7) is 2.57. The van der Waals surface area contributed by atoms with Gasteiger partial charge in [-0.25, -0.2) is 4.79 Å². The molecular weight excluding hydrogens is 296 g/mol. The fourth-order valence-corrected chi connectivity index (χ4v) is 2.47. The van der Waals surface area contributed by atoms with E-state index in [2.05, 4.69) is 5.32 Å². The summed E-state index contributed by atoms with van der Waals surface area (Å²) < 4.78 is 5.21. The molecule has 1 aromatic carbocycles. The van der Waals surface area contributed by atoms with Crippen LogP contribution in [0.15, 0.2) is 24.3 Å². The first-order chi connectivity index (χ1) is 10.0. The summed E-state index contributed by atoms with van der Waals surface area (Å²) >= 11 is 5.79. The van der Waals surface area contributed by atoms with Crippen molar-refractivity contribution in [1.82, 2.24) is 4.90 Å². The number of amides is 2. The number of carbonyl (C=O) groups is 2. The highest BCUT2D eigenvalue weighted by atomic mass is 35.5. The maximum absolute atomic E-state index is 12.3. The Morgan fingerprint density at radius 2 is 2.05 bits per heavy atom. The summed E-state index contributed by atoms with van der Waals surface area (Å²) in [5.74, 6) is -1.64. The zero-order valence-electron chi connectivity index (χ0n) is 11.6. The largest absolute Gasteiger partial charge is 0.481 e. The van der Waals surface area contributed by atoms with E-state index < -0.39 is 17.9 Å². The molecule has 1 heterocycles. The highest BCUT2D eigenvalue weighted by molar-refractivity contribution is 6.30. The van der Waals surface area contributed by atoms with Crippen LogP contribution in [0.5, 0.6) is 0 Å². The number of carbonyl (C=O) groups excluding carboxylic acids is 1. The van der Waals surface area contributed by atoms with Crippen LogP contribution in [0, 0.1) is 5.92 Å². The first-order valence-corrected chi connectivity index (χ1v) is 7.04. The third-order valence-electron chi connectivity index (χ3n) is 3.47. The molecule has 0 spiro atoms. The second-order valence-corrected chi connectivity index (χ2v) is 5.21. The molecule has 2 rings (SSSR count). The molecule has 1 saturated heterocycles. The molecule has 21 heavy (non-hydrogen) atoms. The molecule has 0 aromatic heterocycles. The molecule has 0 saturated carbocycles. The Morgan fingerprint density at radius 1 is 1.38 bits per heavy atom. The standard InChI is InChI=1S/C14H17ClN2O4/c1-2-17(12-8-21-7-11(12)13(18)19)14(20)16-10-5-3-9(15)4-6-10/h3-6,11-12H,2,7-8H2,1H3,(H,16,20)(H,18,19). The minimum absolute atomic E-state index is 0.130. The smallest absolute Gasteiger partial charge is 0.322 e. The number of nitrogens with zero attached hydrogens (tertiary/aromatic N) is 1. The molecule has 6 nitrogen and oxygen atoms in total. The first kappa shape index (κ1) is 15.6. The van der Waals surface area contributed by atoms with Gasteiger partial charge in [0.1, 0.15) is 5.92 Å². The predicted molar refractivity (Wildman–Crippen MR) is 78.6 cm³/mol. The van der Waals surface area contributed by atoms with Crippen LogP contribution in [0.25, 0.3) is 0 Å². The molecule has 2 N–H and O–H groups in total. The van der Waals surface area contributed by atoms with Crippen LogP contribution < -0.4 is 5.32 Å². The quantitative estimate of drug-likeness (QED) is 0.894. The summed E-state index contributed by atoms with van der Waals surface area (Å²) in [6.07, 6.45) is 0. The molecule has 0 bridgehead atoms. The van der Waals surface area contributed by atoms with Crippen molar-refractivity contribution >= 4 is 29.3 Å². The van der Waals surface area contributed by atoms with Gasteiger partial charge in [0.05, 0.1) is 19.3 Å². The summed E-state index contributed by atoms with van der Waals surface area (Å²) in [4.78, 5) is 25.0. The molecule has 1 aromatic rings. The Hall–Kier alpha value is -1.79. The van der Waals surface area contributed by atoms with Crippen LogP contribution in [-0.2, 0) is 9.53 Å². The minimum Gasteiger partial charge on any atom is -0.481 e. The Bertz CT molecular complexity index is 520. The lowest BCUT2D eigenvalue weighted by Crippen LogP contribution is -2.48. The zero-order valence-corrected chi connectivity index (χ0v) is 12.3. The van der Waals surface area contributed by atoms with Crippen molar-refractivity contribution in [3.63, 3.8) is 0 Å². The molecule has 7 heteroatoms. The maximum Gasteiger partial charge on any atom is 0.322 e. The summed E-state index contributed by atoms with van der Waals surface area (Å²) in [5, 5.41) is 12.5. The molecule has 2 amide bonds. The number of halogens is 1. The average molecular weight is 313 g/mol. The van der Waals surface area contributed by atoms with Gasteiger partial charge in [0.25, 0.3) is 0 Å². The van der Waals surface area contributed by atoms with Crippen molar-refractivity contribution in [2.24, 2.45) is 5.92 Å². The third-order valence-corrected chi connectivity index (χ3v) is 3.72. The van der Waals surface area contributed by atoms with E-state index in [1.807, 2.05) is 0 Å². The molecule has 0 radical (unpaired) electrons. The number of hydrogen-bond acceptors (Lipinski definition) is 3. The number of aliphatic carboxylic acids is 1. The van der Waals surface area contributed by atoms with E-state index in [1.165, 1.54) is 4.90 Å². The lowest BCUT2D eigenvalue weighted by atomic mass is 10.0. The van der Waals surface area contributed by atoms with Gasteiger partial charge in [0, 0.05) is 17.3 Å². The number of urea groups is 1. The lowest BCUT2D eigenvalue weighted by Gasteiger charge is -2.29. The molecule has 1 aliphatic rings. The van der Waals surface area contributed by atoms with Crippen LogP contribution >= 0.6 is 11.6 Å². The van der Waals surface area contributed by atoms with Crippen LogP contribution in [0.2, 0.25) is 5.02 Å². The average Bonchev–Trinajstić information content (AvgIpc) is 2.91. The fourth-order valence-electron chi connectivity index (χ4n) is 2.34. The number of ether oxygens (including phenoxy) is 1. The van der Waals surface area contributed by atoms with E-state index in [-0.39, 0.29) is 19.2 Å². The number of carboxylic acids is 1. The zero-order chi connectivity index (χ0) is 15.4. The number of hydrogen-bond donors (Lipinski definition) is 2. The molecule has 114 valence electrons. The highest BCUT2D eigenvalue weighted by Gasteiger charge is 2.39.